The molecule has 1 atom stereocenters. The molecule has 2 aromatic carbocycles. The van der Waals surface area contributed by atoms with E-state index < -0.39 is 11.7 Å². The third-order valence-corrected chi connectivity index (χ3v) is 4.65. The second kappa shape index (κ2) is 7.83. The van der Waals surface area contributed by atoms with Crippen LogP contribution in [0.4, 0.5) is 14.5 Å². The maximum Gasteiger partial charge on any atom is 0.229 e. The van der Waals surface area contributed by atoms with E-state index in [1.54, 1.807) is 17.0 Å². The fourth-order valence-corrected chi connectivity index (χ4v) is 3.08. The van der Waals surface area contributed by atoms with Crippen LogP contribution < -0.4 is 5.32 Å². The van der Waals surface area contributed by atoms with E-state index in [1.807, 2.05) is 0 Å². The average Bonchev–Trinajstić information content (AvgIpc) is 2.99. The highest BCUT2D eigenvalue weighted by atomic mass is 35.5. The predicted molar refractivity (Wildman–Crippen MR) is 94.8 cm³/mol. The number of carbonyl (C=O) groups excluding carboxylic acids is 2. The minimum Gasteiger partial charge on any atom is -0.342 e. The number of nitrogens with zero attached hydrogens (tertiary/aromatic N) is 1. The third-order valence-electron chi connectivity index (χ3n) is 4.36. The van der Waals surface area contributed by atoms with E-state index in [9.17, 15) is 18.4 Å². The van der Waals surface area contributed by atoms with E-state index >= 15 is 0 Å². The van der Waals surface area contributed by atoms with Crippen LogP contribution in [0.1, 0.15) is 12.0 Å². The molecule has 4 nitrogen and oxygen atoms in total. The van der Waals surface area contributed by atoms with Crippen molar-refractivity contribution in [3.63, 3.8) is 0 Å². The van der Waals surface area contributed by atoms with Crippen molar-refractivity contribution in [3.05, 3.63) is 64.7 Å². The van der Waals surface area contributed by atoms with Crippen molar-refractivity contribution in [1.29, 1.82) is 0 Å². The lowest BCUT2D eigenvalue weighted by atomic mass is 10.1. The zero-order chi connectivity index (χ0) is 18.7. The van der Waals surface area contributed by atoms with Gasteiger partial charge in [-0.1, -0.05) is 23.7 Å². The molecule has 0 radical (unpaired) electrons. The van der Waals surface area contributed by atoms with Crippen molar-refractivity contribution < 1.29 is 18.4 Å². The van der Waals surface area contributed by atoms with E-state index in [1.165, 1.54) is 30.3 Å². The molecule has 0 bridgehead atoms. The Kier molecular flexibility index (Phi) is 5.52. The summed E-state index contributed by atoms with van der Waals surface area (Å²) in [6.07, 6.45) is 0.720. The van der Waals surface area contributed by atoms with E-state index in [-0.39, 0.29) is 29.1 Å². The number of hydrogen-bond donors (Lipinski definition) is 1. The molecule has 1 fully saturated rings. The molecule has 26 heavy (non-hydrogen) atoms. The minimum atomic E-state index is -0.562. The number of halogens is 3. The van der Waals surface area contributed by atoms with Gasteiger partial charge in [0.05, 0.1) is 10.9 Å². The van der Waals surface area contributed by atoms with Crippen molar-refractivity contribution in [2.75, 3.05) is 18.4 Å². The number of hydrogen-bond acceptors (Lipinski definition) is 2. The third kappa shape index (κ3) is 4.38. The topological polar surface area (TPSA) is 49.4 Å². The molecule has 1 saturated heterocycles. The first kappa shape index (κ1) is 18.3. The molecular formula is C19H17ClF2N2O2. The molecular weight excluding hydrogens is 362 g/mol. The summed E-state index contributed by atoms with van der Waals surface area (Å²) in [6.45, 7) is 0.789. The van der Waals surface area contributed by atoms with Crippen LogP contribution in [-0.2, 0) is 16.0 Å². The fraction of sp³-hybridized carbons (Fsp3) is 0.263. The van der Waals surface area contributed by atoms with Gasteiger partial charge < -0.3 is 10.2 Å². The number of carbonyl (C=O) groups is 2. The van der Waals surface area contributed by atoms with Crippen molar-refractivity contribution in [1.82, 2.24) is 4.90 Å². The molecule has 3 rings (SSSR count). The second-order valence-corrected chi connectivity index (χ2v) is 6.64. The first-order chi connectivity index (χ1) is 12.4. The van der Waals surface area contributed by atoms with E-state index in [2.05, 4.69) is 5.32 Å². The van der Waals surface area contributed by atoms with Crippen LogP contribution in [0, 0.1) is 17.6 Å². The Morgan fingerprint density at radius 2 is 1.92 bits per heavy atom. The quantitative estimate of drug-likeness (QED) is 0.863. The second-order valence-electron chi connectivity index (χ2n) is 6.24. The van der Waals surface area contributed by atoms with Crippen LogP contribution >= 0.6 is 11.6 Å². The highest BCUT2D eigenvalue weighted by Gasteiger charge is 2.34. The zero-order valence-electron chi connectivity index (χ0n) is 13.8. The minimum absolute atomic E-state index is 0.0776. The van der Waals surface area contributed by atoms with Crippen LogP contribution in [0.15, 0.2) is 42.5 Å². The van der Waals surface area contributed by atoms with Crippen LogP contribution in [0.25, 0.3) is 0 Å². The summed E-state index contributed by atoms with van der Waals surface area (Å²) in [4.78, 5) is 26.1. The molecule has 0 spiro atoms. The van der Waals surface area contributed by atoms with Gasteiger partial charge in [0.25, 0.3) is 0 Å². The lowest BCUT2D eigenvalue weighted by Crippen LogP contribution is -2.30. The molecule has 0 aliphatic carbocycles. The highest BCUT2D eigenvalue weighted by molar-refractivity contribution is 6.31. The first-order valence-electron chi connectivity index (χ1n) is 8.20. The Hall–Kier alpha value is -2.47. The number of anilines is 1. The molecule has 7 heteroatoms. The lowest BCUT2D eigenvalue weighted by molar-refractivity contribution is -0.128. The van der Waals surface area contributed by atoms with Gasteiger partial charge in [0.1, 0.15) is 11.6 Å². The molecule has 1 heterocycles. The van der Waals surface area contributed by atoms with Crippen molar-refractivity contribution in [2.24, 2.45) is 5.92 Å². The molecule has 0 saturated carbocycles. The molecule has 1 aliphatic heterocycles. The average molecular weight is 379 g/mol. The molecule has 0 aromatic heterocycles. The number of nitrogens with one attached hydrogen (secondary N) is 1. The van der Waals surface area contributed by atoms with Gasteiger partial charge in [-0.2, -0.15) is 0 Å². The van der Waals surface area contributed by atoms with Gasteiger partial charge in [0.2, 0.25) is 11.8 Å². The van der Waals surface area contributed by atoms with Gasteiger partial charge in [-0.15, -0.1) is 0 Å². The molecule has 1 unspecified atom stereocenters. The Labute approximate surface area is 154 Å². The van der Waals surface area contributed by atoms with Crippen molar-refractivity contribution in [2.45, 2.75) is 12.8 Å². The molecule has 1 N–H and O–H groups in total. The van der Waals surface area contributed by atoms with Crippen LogP contribution in [0.2, 0.25) is 5.02 Å². The Morgan fingerprint density at radius 1 is 1.19 bits per heavy atom. The summed E-state index contributed by atoms with van der Waals surface area (Å²) < 4.78 is 26.1. The fourth-order valence-electron chi connectivity index (χ4n) is 2.90. The van der Waals surface area contributed by atoms with E-state index in [0.29, 0.717) is 25.2 Å². The summed E-state index contributed by atoms with van der Waals surface area (Å²) in [7, 11) is 0. The van der Waals surface area contributed by atoms with Gasteiger partial charge in [0, 0.05) is 25.2 Å². The summed E-state index contributed by atoms with van der Waals surface area (Å²) >= 11 is 5.70. The molecule has 2 aromatic rings. The van der Waals surface area contributed by atoms with Crippen molar-refractivity contribution in [3.8, 4) is 0 Å². The highest BCUT2D eigenvalue weighted by Crippen LogP contribution is 2.23. The van der Waals surface area contributed by atoms with E-state index in [0.717, 1.165) is 5.56 Å². The Morgan fingerprint density at radius 3 is 2.62 bits per heavy atom. The predicted octanol–water partition coefficient (Wildman–Crippen LogP) is 3.65. The summed E-state index contributed by atoms with van der Waals surface area (Å²) in [5, 5.41) is 2.58. The smallest absolute Gasteiger partial charge is 0.229 e. The monoisotopic (exact) mass is 378 g/mol. The largest absolute Gasteiger partial charge is 0.342 e. The maximum atomic E-state index is 13.2. The SMILES string of the molecule is O=C(Nc1ccc(F)c(Cl)c1)C1CC(=O)N(CCc2ccc(F)cc2)C1. The number of likely N-dealkylation sites (tertiary alicyclic amines) is 1. The summed E-state index contributed by atoms with van der Waals surface area (Å²) in [5.74, 6) is -1.73. The first-order valence-corrected chi connectivity index (χ1v) is 8.58. The van der Waals surface area contributed by atoms with Gasteiger partial charge >= 0.3 is 0 Å². The molecule has 1 aliphatic rings. The standard InChI is InChI=1S/C19H17ClF2N2O2/c20-16-10-15(5-6-17(16)22)23-19(26)13-9-18(25)24(11-13)8-7-12-1-3-14(21)4-2-12/h1-6,10,13H,7-9,11H2,(H,23,26). The van der Waals surface area contributed by atoms with Gasteiger partial charge in [0.15, 0.2) is 0 Å². The van der Waals surface area contributed by atoms with Crippen LogP contribution in [-0.4, -0.2) is 29.8 Å². The number of rotatable bonds is 5. The Balaban J connectivity index is 1.55. The summed E-state index contributed by atoms with van der Waals surface area (Å²) in [5.41, 5.74) is 1.31. The lowest BCUT2D eigenvalue weighted by Gasteiger charge is -2.16. The van der Waals surface area contributed by atoms with Gasteiger partial charge in [-0.3, -0.25) is 9.59 Å². The Bertz CT molecular complexity index is 827. The zero-order valence-corrected chi connectivity index (χ0v) is 14.6. The maximum absolute atomic E-state index is 13.2. The van der Waals surface area contributed by atoms with Crippen LogP contribution in [0.3, 0.4) is 0 Å². The van der Waals surface area contributed by atoms with E-state index in [4.69, 9.17) is 11.6 Å². The van der Waals surface area contributed by atoms with Crippen molar-refractivity contribution >= 4 is 29.1 Å². The molecule has 136 valence electrons. The summed E-state index contributed by atoms with van der Waals surface area (Å²) in [6, 6.07) is 10.0. The van der Waals surface area contributed by atoms with Gasteiger partial charge in [-0.05, 0) is 42.3 Å². The van der Waals surface area contributed by atoms with Gasteiger partial charge in [-0.25, -0.2) is 8.78 Å². The number of amides is 2. The molecule has 2 amide bonds. The van der Waals surface area contributed by atoms with Crippen LogP contribution in [0.5, 0.6) is 0 Å². The normalized spacial score (nSPS) is 16.8. The number of benzene rings is 2.